The molecule has 1 fully saturated rings. The highest BCUT2D eigenvalue weighted by atomic mass is 16.5. The van der Waals surface area contributed by atoms with Gasteiger partial charge in [-0.1, -0.05) is 13.8 Å². The number of aromatic nitrogens is 2. The molecule has 2 atom stereocenters. The van der Waals surface area contributed by atoms with E-state index in [9.17, 15) is 4.79 Å². The van der Waals surface area contributed by atoms with Crippen LogP contribution in [0.2, 0.25) is 0 Å². The van der Waals surface area contributed by atoms with Crippen LogP contribution in [0.25, 0.3) is 0 Å². The number of hydrogen-bond donors (Lipinski definition) is 0. The van der Waals surface area contributed by atoms with E-state index in [1.807, 2.05) is 18.9 Å². The molecule has 5 nitrogen and oxygen atoms in total. The molecule has 1 aromatic heterocycles. The van der Waals surface area contributed by atoms with E-state index in [-0.39, 0.29) is 23.5 Å². The number of amides is 1. The van der Waals surface area contributed by atoms with Gasteiger partial charge in [-0.25, -0.2) is 0 Å². The Morgan fingerprint density at radius 2 is 2.14 bits per heavy atom. The lowest BCUT2D eigenvalue weighted by atomic mass is 9.58. The molecule has 1 aliphatic rings. The second-order valence-electron chi connectivity index (χ2n) is 5.89. The zero-order valence-corrected chi connectivity index (χ0v) is 13.8. The number of aryl methyl sites for hydroxylation is 1. The molecule has 0 N–H and O–H groups in total. The van der Waals surface area contributed by atoms with Crippen LogP contribution in [-0.2, 0) is 11.8 Å². The highest BCUT2D eigenvalue weighted by Gasteiger charge is 2.55. The van der Waals surface area contributed by atoms with Gasteiger partial charge >= 0.3 is 0 Å². The molecule has 0 spiro atoms. The summed E-state index contributed by atoms with van der Waals surface area (Å²) in [7, 11) is 3.71. The van der Waals surface area contributed by atoms with Crippen LogP contribution in [0.5, 0.6) is 0 Å². The molecule has 5 heteroatoms. The molecule has 1 heterocycles. The molecule has 1 saturated carbocycles. The summed E-state index contributed by atoms with van der Waals surface area (Å²) in [4.78, 5) is 14.6. The van der Waals surface area contributed by atoms with E-state index < -0.39 is 0 Å². The molecule has 2 rings (SSSR count). The van der Waals surface area contributed by atoms with Gasteiger partial charge in [0, 0.05) is 38.4 Å². The Bertz CT molecular complexity index is 493. The van der Waals surface area contributed by atoms with Gasteiger partial charge < -0.3 is 9.64 Å². The summed E-state index contributed by atoms with van der Waals surface area (Å²) in [6.07, 6.45) is 4.92. The average Bonchev–Trinajstić information content (AvgIpc) is 2.89. The summed E-state index contributed by atoms with van der Waals surface area (Å²) in [6, 6.07) is 2.02. The van der Waals surface area contributed by atoms with Crippen LogP contribution in [-0.4, -0.2) is 46.4 Å². The van der Waals surface area contributed by atoms with Crippen LogP contribution >= 0.6 is 0 Å². The van der Waals surface area contributed by atoms with Crippen molar-refractivity contribution in [1.29, 1.82) is 0 Å². The van der Waals surface area contributed by atoms with Crippen LogP contribution in [0.15, 0.2) is 12.3 Å². The molecule has 21 heavy (non-hydrogen) atoms. The number of ether oxygens (including phenoxy) is 1. The Kier molecular flexibility index (Phi) is 4.71. The van der Waals surface area contributed by atoms with Crippen molar-refractivity contribution in [3.8, 4) is 0 Å². The Morgan fingerprint density at radius 3 is 2.62 bits per heavy atom. The standard InChI is InChI=1S/C16H27N3O2/c1-6-16(7-2)13(11-14(16)21-8-3)18(4)15(20)12-9-10-17-19(12)5/h9-10,13-14H,6-8,11H2,1-5H3/t13-,14-/m0/s1. The maximum atomic E-state index is 12.7. The molecular weight excluding hydrogens is 266 g/mol. The van der Waals surface area contributed by atoms with Gasteiger partial charge in [0.05, 0.1) is 6.10 Å². The molecule has 0 radical (unpaired) electrons. The summed E-state index contributed by atoms with van der Waals surface area (Å²) in [5.41, 5.74) is 0.720. The predicted octanol–water partition coefficient (Wildman–Crippen LogP) is 2.48. The van der Waals surface area contributed by atoms with Gasteiger partial charge in [0.2, 0.25) is 0 Å². The van der Waals surface area contributed by atoms with E-state index in [1.165, 1.54) is 0 Å². The quantitative estimate of drug-likeness (QED) is 0.809. The number of rotatable bonds is 6. The fourth-order valence-corrected chi connectivity index (χ4v) is 3.79. The summed E-state index contributed by atoms with van der Waals surface area (Å²) in [5, 5.41) is 4.09. The van der Waals surface area contributed by atoms with Crippen LogP contribution in [0.3, 0.4) is 0 Å². The highest BCUT2D eigenvalue weighted by molar-refractivity contribution is 5.92. The lowest BCUT2D eigenvalue weighted by molar-refractivity contribution is -0.159. The Morgan fingerprint density at radius 1 is 1.48 bits per heavy atom. The van der Waals surface area contributed by atoms with E-state index in [0.717, 1.165) is 25.9 Å². The third-order valence-electron chi connectivity index (χ3n) is 5.25. The molecule has 118 valence electrons. The van der Waals surface area contributed by atoms with E-state index in [0.29, 0.717) is 5.69 Å². The van der Waals surface area contributed by atoms with E-state index >= 15 is 0 Å². The summed E-state index contributed by atoms with van der Waals surface area (Å²) in [6.45, 7) is 7.17. The minimum absolute atomic E-state index is 0.0428. The minimum atomic E-state index is 0.0428. The summed E-state index contributed by atoms with van der Waals surface area (Å²) < 4.78 is 7.53. The maximum Gasteiger partial charge on any atom is 0.272 e. The smallest absolute Gasteiger partial charge is 0.272 e. The fraction of sp³-hybridized carbons (Fsp3) is 0.750. The first-order valence-electron chi connectivity index (χ1n) is 7.88. The summed E-state index contributed by atoms with van der Waals surface area (Å²) >= 11 is 0. The van der Waals surface area contributed by atoms with E-state index in [1.54, 1.807) is 24.0 Å². The zero-order chi connectivity index (χ0) is 15.6. The van der Waals surface area contributed by atoms with Crippen molar-refractivity contribution in [1.82, 2.24) is 14.7 Å². The predicted molar refractivity (Wildman–Crippen MR) is 82.1 cm³/mol. The normalized spacial score (nSPS) is 23.7. The first-order chi connectivity index (χ1) is 10.0. The lowest BCUT2D eigenvalue weighted by Crippen LogP contribution is -2.64. The molecule has 1 amide bonds. The van der Waals surface area contributed by atoms with Crippen molar-refractivity contribution >= 4 is 5.91 Å². The first kappa shape index (κ1) is 16.0. The fourth-order valence-electron chi connectivity index (χ4n) is 3.79. The number of carbonyl (C=O) groups is 1. The van der Waals surface area contributed by atoms with E-state index in [4.69, 9.17) is 4.74 Å². The number of hydrogen-bond acceptors (Lipinski definition) is 3. The van der Waals surface area contributed by atoms with Crippen molar-refractivity contribution in [3.63, 3.8) is 0 Å². The lowest BCUT2D eigenvalue weighted by Gasteiger charge is -2.58. The van der Waals surface area contributed by atoms with Crippen LogP contribution in [0.4, 0.5) is 0 Å². The van der Waals surface area contributed by atoms with Crippen molar-refractivity contribution < 1.29 is 9.53 Å². The zero-order valence-electron chi connectivity index (χ0n) is 13.8. The molecule has 0 saturated heterocycles. The van der Waals surface area contributed by atoms with E-state index in [2.05, 4.69) is 18.9 Å². The SMILES string of the molecule is CCO[C@H]1C[C@H](N(C)C(=O)c2ccnn2C)C1(CC)CC. The molecular formula is C16H27N3O2. The Balaban J connectivity index is 2.18. The molecule has 0 aliphatic heterocycles. The monoisotopic (exact) mass is 293 g/mol. The van der Waals surface area contributed by atoms with Gasteiger partial charge in [-0.2, -0.15) is 5.10 Å². The molecule has 0 aromatic carbocycles. The minimum Gasteiger partial charge on any atom is -0.378 e. The van der Waals surface area contributed by atoms with Crippen molar-refractivity contribution in [2.45, 2.75) is 52.2 Å². The van der Waals surface area contributed by atoms with Gasteiger partial charge in [-0.3, -0.25) is 9.48 Å². The van der Waals surface area contributed by atoms with Gasteiger partial charge in [0.1, 0.15) is 5.69 Å². The summed E-state index contributed by atoms with van der Waals surface area (Å²) in [5.74, 6) is 0.0428. The molecule has 0 unspecified atom stereocenters. The van der Waals surface area contributed by atoms with Gasteiger partial charge in [0.15, 0.2) is 0 Å². The number of carbonyl (C=O) groups excluding carboxylic acids is 1. The maximum absolute atomic E-state index is 12.7. The van der Waals surface area contributed by atoms with Crippen LogP contribution < -0.4 is 0 Å². The Labute approximate surface area is 127 Å². The second-order valence-corrected chi connectivity index (χ2v) is 5.89. The highest BCUT2D eigenvalue weighted by Crippen LogP contribution is 2.51. The van der Waals surface area contributed by atoms with Crippen LogP contribution in [0.1, 0.15) is 50.5 Å². The first-order valence-corrected chi connectivity index (χ1v) is 7.88. The van der Waals surface area contributed by atoms with Crippen molar-refractivity contribution in [2.24, 2.45) is 12.5 Å². The van der Waals surface area contributed by atoms with Gasteiger partial charge in [-0.05, 0) is 32.3 Å². The molecule has 1 aliphatic carbocycles. The number of nitrogens with zero attached hydrogens (tertiary/aromatic N) is 3. The van der Waals surface area contributed by atoms with Crippen molar-refractivity contribution in [3.05, 3.63) is 18.0 Å². The third kappa shape index (κ3) is 2.48. The topological polar surface area (TPSA) is 47.4 Å². The van der Waals surface area contributed by atoms with Crippen LogP contribution in [0, 0.1) is 5.41 Å². The Hall–Kier alpha value is -1.36. The van der Waals surface area contributed by atoms with Crippen molar-refractivity contribution in [2.75, 3.05) is 13.7 Å². The second kappa shape index (κ2) is 6.18. The largest absolute Gasteiger partial charge is 0.378 e. The van der Waals surface area contributed by atoms with Gasteiger partial charge in [-0.15, -0.1) is 0 Å². The van der Waals surface area contributed by atoms with Gasteiger partial charge in [0.25, 0.3) is 5.91 Å². The average molecular weight is 293 g/mol. The molecule has 1 aromatic rings. The third-order valence-corrected chi connectivity index (χ3v) is 5.25. The molecule has 0 bridgehead atoms.